The van der Waals surface area contributed by atoms with Gasteiger partial charge in [0.1, 0.15) is 5.75 Å². The molecule has 0 unspecified atom stereocenters. The number of aromatic nitrogens is 3. The summed E-state index contributed by atoms with van der Waals surface area (Å²) >= 11 is 1.61. The van der Waals surface area contributed by atoms with Gasteiger partial charge in [0.15, 0.2) is 0 Å². The van der Waals surface area contributed by atoms with Crippen LogP contribution in [-0.2, 0) is 0 Å². The Bertz CT molecular complexity index is 1030. The number of ether oxygens (including phenoxy) is 1. The quantitative estimate of drug-likeness (QED) is 0.571. The van der Waals surface area contributed by atoms with Crippen molar-refractivity contribution < 1.29 is 4.74 Å². The summed E-state index contributed by atoms with van der Waals surface area (Å²) in [5, 5.41) is 2.00. The van der Waals surface area contributed by atoms with E-state index in [0.29, 0.717) is 12.3 Å². The monoisotopic (exact) mass is 337 g/mol. The normalized spacial score (nSPS) is 11.0. The Morgan fingerprint density at radius 1 is 1.17 bits per heavy atom. The fraction of sp³-hybridized carbons (Fsp3) is 0.111. The fourth-order valence-electron chi connectivity index (χ4n) is 2.60. The van der Waals surface area contributed by atoms with E-state index in [0.717, 1.165) is 22.0 Å². The third-order valence-corrected chi connectivity index (χ3v) is 4.61. The van der Waals surface area contributed by atoms with E-state index in [1.54, 1.807) is 26.5 Å². The summed E-state index contributed by atoms with van der Waals surface area (Å²) in [6, 6.07) is 11.4. The number of rotatable bonds is 4. The third kappa shape index (κ3) is 2.51. The van der Waals surface area contributed by atoms with E-state index in [2.05, 4.69) is 4.98 Å². The standard InChI is InChI=1S/C18H15N3O2S/c1-2-23-14-7-5-13(6-8-14)21-10-9-20-12-15(16-4-3-11-24-16)19-17(20)18(21)22/h3-12H,2H2,1H3. The maximum Gasteiger partial charge on any atom is 0.298 e. The fourth-order valence-corrected chi connectivity index (χ4v) is 3.28. The van der Waals surface area contributed by atoms with Crippen LogP contribution in [-0.4, -0.2) is 20.6 Å². The first-order valence-electron chi connectivity index (χ1n) is 7.64. The summed E-state index contributed by atoms with van der Waals surface area (Å²) in [5.74, 6) is 0.788. The van der Waals surface area contributed by atoms with Crippen molar-refractivity contribution >= 4 is 17.0 Å². The van der Waals surface area contributed by atoms with E-state index in [4.69, 9.17) is 4.74 Å². The van der Waals surface area contributed by atoms with Crippen molar-refractivity contribution in [3.63, 3.8) is 0 Å². The van der Waals surface area contributed by atoms with Gasteiger partial charge >= 0.3 is 0 Å². The van der Waals surface area contributed by atoms with Crippen molar-refractivity contribution in [2.45, 2.75) is 6.92 Å². The highest BCUT2D eigenvalue weighted by molar-refractivity contribution is 7.13. The number of benzene rings is 1. The van der Waals surface area contributed by atoms with Gasteiger partial charge in [0.05, 0.1) is 17.2 Å². The molecule has 0 radical (unpaired) electrons. The maximum absolute atomic E-state index is 12.8. The first kappa shape index (κ1) is 14.7. The number of fused-ring (bicyclic) bond motifs is 1. The average molecular weight is 337 g/mol. The molecule has 0 N–H and O–H groups in total. The lowest BCUT2D eigenvalue weighted by Crippen LogP contribution is -2.19. The van der Waals surface area contributed by atoms with Gasteiger partial charge in [-0.2, -0.15) is 0 Å². The number of thiophene rings is 1. The molecule has 120 valence electrons. The van der Waals surface area contributed by atoms with Crippen LogP contribution in [0.1, 0.15) is 6.92 Å². The molecule has 6 heteroatoms. The van der Waals surface area contributed by atoms with Gasteiger partial charge < -0.3 is 9.14 Å². The molecule has 0 atom stereocenters. The van der Waals surface area contributed by atoms with Crippen molar-refractivity contribution in [1.29, 1.82) is 0 Å². The lowest BCUT2D eigenvalue weighted by molar-refractivity contribution is 0.340. The highest BCUT2D eigenvalue weighted by Gasteiger charge is 2.10. The van der Waals surface area contributed by atoms with Crippen LogP contribution in [0.15, 0.2) is 65.2 Å². The molecule has 1 aromatic carbocycles. The minimum atomic E-state index is -0.149. The Morgan fingerprint density at radius 2 is 2.00 bits per heavy atom. The van der Waals surface area contributed by atoms with Crippen LogP contribution < -0.4 is 10.3 Å². The second kappa shape index (κ2) is 5.98. The Hall–Kier alpha value is -2.86. The Morgan fingerprint density at radius 3 is 2.71 bits per heavy atom. The van der Waals surface area contributed by atoms with Crippen molar-refractivity contribution in [3.8, 4) is 22.0 Å². The SMILES string of the molecule is CCOc1ccc(-n2ccn3cc(-c4cccs4)nc3c2=O)cc1. The Kier molecular flexibility index (Phi) is 3.66. The first-order chi connectivity index (χ1) is 11.8. The van der Waals surface area contributed by atoms with Gasteiger partial charge in [0.2, 0.25) is 5.65 Å². The minimum absolute atomic E-state index is 0.149. The van der Waals surface area contributed by atoms with Gasteiger partial charge in [-0.25, -0.2) is 4.98 Å². The Labute approximate surface area is 142 Å². The van der Waals surface area contributed by atoms with Gasteiger partial charge in [0.25, 0.3) is 5.56 Å². The predicted octanol–water partition coefficient (Wildman–Crippen LogP) is 3.61. The van der Waals surface area contributed by atoms with Crippen molar-refractivity contribution in [3.05, 3.63) is 70.7 Å². The smallest absolute Gasteiger partial charge is 0.298 e. The van der Waals surface area contributed by atoms with E-state index < -0.39 is 0 Å². The molecule has 24 heavy (non-hydrogen) atoms. The van der Waals surface area contributed by atoms with Gasteiger partial charge in [0, 0.05) is 24.3 Å². The molecule has 0 aliphatic carbocycles. The van der Waals surface area contributed by atoms with E-state index in [-0.39, 0.29) is 5.56 Å². The molecule has 0 spiro atoms. The molecule has 0 aliphatic heterocycles. The largest absolute Gasteiger partial charge is 0.494 e. The molecule has 0 saturated carbocycles. The van der Waals surface area contributed by atoms with Crippen LogP contribution in [0.4, 0.5) is 0 Å². The summed E-state index contributed by atoms with van der Waals surface area (Å²) in [6.45, 7) is 2.56. The zero-order valence-electron chi connectivity index (χ0n) is 13.0. The van der Waals surface area contributed by atoms with Crippen molar-refractivity contribution in [2.75, 3.05) is 6.61 Å². The van der Waals surface area contributed by atoms with Gasteiger partial charge in [-0.3, -0.25) is 9.36 Å². The van der Waals surface area contributed by atoms with E-state index >= 15 is 0 Å². The van der Waals surface area contributed by atoms with E-state index in [1.165, 1.54) is 0 Å². The van der Waals surface area contributed by atoms with Gasteiger partial charge in [-0.15, -0.1) is 11.3 Å². The van der Waals surface area contributed by atoms with Crippen molar-refractivity contribution in [1.82, 2.24) is 14.0 Å². The molecule has 0 fully saturated rings. The number of hydrogen-bond donors (Lipinski definition) is 0. The summed E-state index contributed by atoms with van der Waals surface area (Å²) in [6.07, 6.45) is 5.48. The molecule has 4 rings (SSSR count). The molecule has 0 saturated heterocycles. The lowest BCUT2D eigenvalue weighted by atomic mass is 10.3. The zero-order chi connectivity index (χ0) is 16.5. The molecular formula is C18H15N3O2S. The molecule has 3 aromatic heterocycles. The topological polar surface area (TPSA) is 48.5 Å². The molecular weight excluding hydrogens is 322 g/mol. The summed E-state index contributed by atoms with van der Waals surface area (Å²) in [5.41, 5.74) is 1.86. The summed E-state index contributed by atoms with van der Waals surface area (Å²) < 4.78 is 8.80. The number of imidazole rings is 1. The molecule has 3 heterocycles. The summed E-state index contributed by atoms with van der Waals surface area (Å²) in [7, 11) is 0. The lowest BCUT2D eigenvalue weighted by Gasteiger charge is -2.07. The van der Waals surface area contributed by atoms with Crippen LogP contribution in [0.25, 0.3) is 21.9 Å². The third-order valence-electron chi connectivity index (χ3n) is 3.72. The van der Waals surface area contributed by atoms with Gasteiger partial charge in [-0.1, -0.05) is 6.07 Å². The highest BCUT2D eigenvalue weighted by atomic mass is 32.1. The highest BCUT2D eigenvalue weighted by Crippen LogP contribution is 2.23. The van der Waals surface area contributed by atoms with Crippen molar-refractivity contribution in [2.24, 2.45) is 0 Å². The Balaban J connectivity index is 1.79. The molecule has 5 nitrogen and oxygen atoms in total. The van der Waals surface area contributed by atoms with Crippen LogP contribution in [0.2, 0.25) is 0 Å². The molecule has 0 aliphatic rings. The van der Waals surface area contributed by atoms with Crippen LogP contribution in [0.3, 0.4) is 0 Å². The minimum Gasteiger partial charge on any atom is -0.494 e. The van der Waals surface area contributed by atoms with Gasteiger partial charge in [-0.05, 0) is 42.6 Å². The molecule has 0 amide bonds. The summed E-state index contributed by atoms with van der Waals surface area (Å²) in [4.78, 5) is 18.3. The second-order valence-electron chi connectivity index (χ2n) is 5.23. The average Bonchev–Trinajstić information content (AvgIpc) is 3.26. The zero-order valence-corrected chi connectivity index (χ0v) is 13.9. The van der Waals surface area contributed by atoms with E-state index in [1.807, 2.05) is 61.1 Å². The molecule has 4 aromatic rings. The second-order valence-corrected chi connectivity index (χ2v) is 6.18. The van der Waals surface area contributed by atoms with Crippen LogP contribution >= 0.6 is 11.3 Å². The van der Waals surface area contributed by atoms with E-state index in [9.17, 15) is 4.79 Å². The first-order valence-corrected chi connectivity index (χ1v) is 8.51. The van der Waals surface area contributed by atoms with Crippen LogP contribution in [0.5, 0.6) is 5.75 Å². The molecule has 0 bridgehead atoms. The predicted molar refractivity (Wildman–Crippen MR) is 95.3 cm³/mol. The maximum atomic E-state index is 12.8. The number of nitrogens with zero attached hydrogens (tertiary/aromatic N) is 3. The van der Waals surface area contributed by atoms with Crippen LogP contribution in [0, 0.1) is 0 Å². The number of hydrogen-bond acceptors (Lipinski definition) is 4.